The molecule has 6 heteroatoms. The van der Waals surface area contributed by atoms with Gasteiger partial charge in [-0.2, -0.15) is 10.5 Å². The number of nitrogen functional groups attached to an aromatic ring is 2. The van der Waals surface area contributed by atoms with Crippen LogP contribution in [0.5, 0.6) is 0 Å². The van der Waals surface area contributed by atoms with E-state index in [0.29, 0.717) is 27.5 Å². The molecular weight excluding hydrogens is 351 g/mol. The van der Waals surface area contributed by atoms with E-state index in [4.69, 9.17) is 33.6 Å². The van der Waals surface area contributed by atoms with Crippen LogP contribution in [0, 0.1) is 28.5 Å². The fourth-order valence-electron chi connectivity index (χ4n) is 2.15. The largest absolute Gasteiger partial charge is 0.399 e. The summed E-state index contributed by atoms with van der Waals surface area (Å²) in [4.78, 5) is 0. The van der Waals surface area contributed by atoms with Gasteiger partial charge in [-0.3, -0.25) is 0 Å². The molecule has 0 atom stereocenters. The van der Waals surface area contributed by atoms with Crippen LogP contribution in [0.15, 0.2) is 60.7 Å². The van der Waals surface area contributed by atoms with E-state index in [2.05, 4.69) is 6.07 Å². The first-order valence-corrected chi connectivity index (χ1v) is 7.83. The zero-order valence-corrected chi connectivity index (χ0v) is 14.3. The fourth-order valence-corrected chi connectivity index (χ4v) is 2.38. The first-order valence-electron chi connectivity index (χ1n) is 7.45. The number of anilines is 2. The van der Waals surface area contributed by atoms with Crippen LogP contribution >= 0.6 is 11.6 Å². The van der Waals surface area contributed by atoms with Crippen LogP contribution < -0.4 is 11.5 Å². The van der Waals surface area contributed by atoms with Gasteiger partial charge < -0.3 is 11.5 Å². The third kappa shape index (κ3) is 4.73. The Kier molecular flexibility index (Phi) is 6.16. The smallest absolute Gasteiger partial charge is 0.123 e. The number of halogens is 2. The molecule has 0 bridgehead atoms. The van der Waals surface area contributed by atoms with Gasteiger partial charge in [-0.05, 0) is 54.1 Å². The maximum Gasteiger partial charge on any atom is 0.123 e. The van der Waals surface area contributed by atoms with Crippen LogP contribution in [0.1, 0.15) is 11.1 Å². The third-order valence-corrected chi connectivity index (χ3v) is 3.75. The van der Waals surface area contributed by atoms with E-state index in [1.54, 1.807) is 48.5 Å². The van der Waals surface area contributed by atoms with Gasteiger partial charge in [0, 0.05) is 16.9 Å². The molecule has 26 heavy (non-hydrogen) atoms. The molecule has 4 nitrogen and oxygen atoms in total. The predicted molar refractivity (Wildman–Crippen MR) is 102 cm³/mol. The second-order valence-electron chi connectivity index (χ2n) is 5.27. The Balaban J connectivity index is 0.000000209. The Labute approximate surface area is 155 Å². The lowest BCUT2D eigenvalue weighted by molar-refractivity contribution is 0.628. The first kappa shape index (κ1) is 18.8. The highest BCUT2D eigenvalue weighted by atomic mass is 35.5. The molecule has 0 fully saturated rings. The minimum Gasteiger partial charge on any atom is -0.399 e. The number of nitrogens with zero attached hydrogens (tertiary/aromatic N) is 2. The summed E-state index contributed by atoms with van der Waals surface area (Å²) in [5.74, 6) is -0.300. The predicted octanol–water partition coefficient (Wildman–Crippen LogP) is 4.74. The van der Waals surface area contributed by atoms with E-state index < -0.39 is 0 Å². The van der Waals surface area contributed by atoms with Gasteiger partial charge in [-0.1, -0.05) is 23.7 Å². The molecule has 0 saturated carbocycles. The molecule has 0 heterocycles. The molecule has 4 N–H and O–H groups in total. The van der Waals surface area contributed by atoms with Crippen molar-refractivity contribution in [2.75, 3.05) is 11.5 Å². The summed E-state index contributed by atoms with van der Waals surface area (Å²) >= 11 is 5.63. The lowest BCUT2D eigenvalue weighted by Gasteiger charge is -2.05. The Hall–Kier alpha value is -3.54. The van der Waals surface area contributed by atoms with Crippen molar-refractivity contribution in [3.63, 3.8) is 0 Å². The molecule has 3 aromatic carbocycles. The van der Waals surface area contributed by atoms with Crippen molar-refractivity contribution in [1.82, 2.24) is 0 Å². The van der Waals surface area contributed by atoms with Crippen LogP contribution in [0.4, 0.5) is 15.8 Å². The van der Waals surface area contributed by atoms with Crippen LogP contribution in [0.2, 0.25) is 5.02 Å². The normalized spacial score (nSPS) is 9.38. The van der Waals surface area contributed by atoms with Gasteiger partial charge in [-0.25, -0.2) is 4.39 Å². The molecule has 0 aliphatic heterocycles. The van der Waals surface area contributed by atoms with Crippen LogP contribution in [-0.2, 0) is 0 Å². The molecular formula is C20H14ClFN4. The Morgan fingerprint density at radius 1 is 0.769 bits per heavy atom. The molecule has 128 valence electrons. The molecule has 0 aromatic heterocycles. The van der Waals surface area contributed by atoms with Crippen LogP contribution in [0.3, 0.4) is 0 Å². The maximum atomic E-state index is 12.8. The number of nitrogens with two attached hydrogens (primary N) is 2. The molecule has 3 rings (SSSR count). The highest BCUT2D eigenvalue weighted by Gasteiger charge is 2.05. The van der Waals surface area contributed by atoms with E-state index in [1.165, 1.54) is 12.1 Å². The van der Waals surface area contributed by atoms with E-state index in [1.807, 2.05) is 6.07 Å². The lowest BCUT2D eigenvalue weighted by atomic mass is 10.00. The van der Waals surface area contributed by atoms with Gasteiger partial charge in [0.2, 0.25) is 0 Å². The van der Waals surface area contributed by atoms with Crippen LogP contribution in [-0.4, -0.2) is 0 Å². The SMILES string of the molecule is N#Cc1ccc(N)cc1-c1ccc(F)cc1.N#Cc1ccc(N)cc1Cl. The van der Waals surface area contributed by atoms with Gasteiger partial charge in [0.25, 0.3) is 0 Å². The molecule has 3 aromatic rings. The summed E-state index contributed by atoms with van der Waals surface area (Å²) in [6.07, 6.45) is 0. The summed E-state index contributed by atoms with van der Waals surface area (Å²) in [5, 5.41) is 17.8. The second-order valence-corrected chi connectivity index (χ2v) is 5.68. The summed E-state index contributed by atoms with van der Waals surface area (Å²) in [7, 11) is 0. The molecule has 0 unspecified atom stereocenters. The Morgan fingerprint density at radius 2 is 1.31 bits per heavy atom. The van der Waals surface area contributed by atoms with Crippen molar-refractivity contribution >= 4 is 23.0 Å². The Morgan fingerprint density at radius 3 is 1.85 bits per heavy atom. The minimum atomic E-state index is -0.300. The van der Waals surface area contributed by atoms with Crippen LogP contribution in [0.25, 0.3) is 11.1 Å². The van der Waals surface area contributed by atoms with Crippen molar-refractivity contribution in [3.8, 4) is 23.3 Å². The molecule has 0 saturated heterocycles. The number of hydrogen-bond donors (Lipinski definition) is 2. The van der Waals surface area contributed by atoms with E-state index in [0.717, 1.165) is 11.1 Å². The number of nitriles is 2. The topological polar surface area (TPSA) is 99.6 Å². The van der Waals surface area contributed by atoms with E-state index >= 15 is 0 Å². The van der Waals surface area contributed by atoms with Crippen molar-refractivity contribution in [1.29, 1.82) is 10.5 Å². The average Bonchev–Trinajstić information content (AvgIpc) is 2.63. The summed E-state index contributed by atoms with van der Waals surface area (Å²) in [5.41, 5.74) is 14.7. The van der Waals surface area contributed by atoms with Crippen molar-refractivity contribution < 1.29 is 4.39 Å². The number of benzene rings is 3. The lowest BCUT2D eigenvalue weighted by Crippen LogP contribution is -1.89. The standard InChI is InChI=1S/C13H9FN2.C7H5ClN2/c14-11-4-1-9(2-5-11)13-7-12(16)6-3-10(13)8-15;8-7-3-6(10)2-1-5(7)4-9/h1-7H,16H2;1-3H,10H2. The zero-order chi connectivity index (χ0) is 19.1. The van der Waals surface area contributed by atoms with Crippen molar-refractivity contribution in [2.45, 2.75) is 0 Å². The molecule has 0 aliphatic rings. The summed E-state index contributed by atoms with van der Waals surface area (Å²) in [6.45, 7) is 0. The van der Waals surface area contributed by atoms with Gasteiger partial charge in [0.15, 0.2) is 0 Å². The monoisotopic (exact) mass is 364 g/mol. The molecule has 0 aliphatic carbocycles. The Bertz CT molecular complexity index is 1000. The van der Waals surface area contributed by atoms with E-state index in [-0.39, 0.29) is 5.82 Å². The van der Waals surface area contributed by atoms with E-state index in [9.17, 15) is 4.39 Å². The fraction of sp³-hybridized carbons (Fsp3) is 0. The van der Waals surface area contributed by atoms with Crippen molar-refractivity contribution in [2.24, 2.45) is 0 Å². The van der Waals surface area contributed by atoms with Gasteiger partial charge in [0.05, 0.1) is 22.2 Å². The number of rotatable bonds is 1. The molecule has 0 spiro atoms. The van der Waals surface area contributed by atoms with Gasteiger partial charge in [-0.15, -0.1) is 0 Å². The van der Waals surface area contributed by atoms with Gasteiger partial charge in [0.1, 0.15) is 11.9 Å². The summed E-state index contributed by atoms with van der Waals surface area (Å²) < 4.78 is 12.8. The average molecular weight is 365 g/mol. The summed E-state index contributed by atoms with van der Waals surface area (Å²) in [6, 6.07) is 19.8. The molecule has 0 radical (unpaired) electrons. The highest BCUT2D eigenvalue weighted by Crippen LogP contribution is 2.25. The zero-order valence-electron chi connectivity index (χ0n) is 13.6. The minimum absolute atomic E-state index is 0.300. The molecule has 0 amide bonds. The number of hydrogen-bond acceptors (Lipinski definition) is 4. The quantitative estimate of drug-likeness (QED) is 0.609. The first-order chi connectivity index (χ1) is 12.4. The highest BCUT2D eigenvalue weighted by molar-refractivity contribution is 6.32. The second kappa shape index (κ2) is 8.53. The van der Waals surface area contributed by atoms with Gasteiger partial charge >= 0.3 is 0 Å². The maximum absolute atomic E-state index is 12.8. The third-order valence-electron chi connectivity index (χ3n) is 3.43. The van der Waals surface area contributed by atoms with Crippen molar-refractivity contribution in [3.05, 3.63) is 82.6 Å².